The molecule has 3 nitrogen and oxygen atoms in total. The van der Waals surface area contributed by atoms with Crippen LogP contribution < -0.4 is 10.9 Å². The predicted molar refractivity (Wildman–Crippen MR) is 55.5 cm³/mol. The van der Waals surface area contributed by atoms with Gasteiger partial charge in [-0.25, -0.2) is 8.78 Å². The van der Waals surface area contributed by atoms with Gasteiger partial charge in [0.15, 0.2) is 0 Å². The summed E-state index contributed by atoms with van der Waals surface area (Å²) in [6.07, 6.45) is -0.881. The van der Waals surface area contributed by atoms with Gasteiger partial charge in [-0.15, -0.1) is 0 Å². The normalized spacial score (nSPS) is 12.9. The number of hydrogen-bond donors (Lipinski definition) is 1. The monoisotopic (exact) mass is 216 g/mol. The summed E-state index contributed by atoms with van der Waals surface area (Å²) in [5.74, 6) is 0. The number of aryl methyl sites for hydroxylation is 1. The number of halogens is 2. The molecule has 1 rings (SSSR count). The first-order valence-corrected chi connectivity index (χ1v) is 4.79. The van der Waals surface area contributed by atoms with Crippen molar-refractivity contribution >= 4 is 5.69 Å². The van der Waals surface area contributed by atoms with E-state index in [1.807, 2.05) is 6.92 Å². The molecule has 0 saturated carbocycles. The Bertz CT molecular complexity index is 376. The van der Waals surface area contributed by atoms with Crippen LogP contribution in [0.2, 0.25) is 0 Å². The minimum absolute atomic E-state index is 0.132. The standard InChI is InChI=1S/C10H14F2N2O/c1-3-14-6-8(4-5-9(14)15)13-7(2)10(11)12/h4-7,10,13H,3H2,1-2H3. The highest BCUT2D eigenvalue weighted by Gasteiger charge is 2.13. The Morgan fingerprint density at radius 1 is 1.47 bits per heavy atom. The van der Waals surface area contributed by atoms with Gasteiger partial charge < -0.3 is 9.88 Å². The molecule has 1 atom stereocenters. The molecule has 1 aromatic rings. The number of anilines is 1. The van der Waals surface area contributed by atoms with Gasteiger partial charge in [-0.1, -0.05) is 0 Å². The van der Waals surface area contributed by atoms with E-state index in [4.69, 9.17) is 0 Å². The molecule has 0 aliphatic carbocycles. The van der Waals surface area contributed by atoms with Crippen molar-refractivity contribution in [2.24, 2.45) is 0 Å². The molecule has 1 N–H and O–H groups in total. The smallest absolute Gasteiger partial charge is 0.258 e. The van der Waals surface area contributed by atoms with Gasteiger partial charge in [0.1, 0.15) is 0 Å². The van der Waals surface area contributed by atoms with Crippen LogP contribution in [0.5, 0.6) is 0 Å². The molecule has 1 heterocycles. The van der Waals surface area contributed by atoms with E-state index in [9.17, 15) is 13.6 Å². The van der Waals surface area contributed by atoms with Crippen LogP contribution in [-0.4, -0.2) is 17.0 Å². The van der Waals surface area contributed by atoms with Gasteiger partial charge in [0.2, 0.25) is 0 Å². The molecule has 1 unspecified atom stereocenters. The van der Waals surface area contributed by atoms with Crippen LogP contribution in [0.3, 0.4) is 0 Å². The topological polar surface area (TPSA) is 34.0 Å². The summed E-state index contributed by atoms with van der Waals surface area (Å²) in [7, 11) is 0. The molecular formula is C10H14F2N2O. The van der Waals surface area contributed by atoms with Crippen LogP contribution in [0.25, 0.3) is 0 Å². The molecule has 0 saturated heterocycles. The second-order valence-corrected chi connectivity index (χ2v) is 3.31. The van der Waals surface area contributed by atoms with E-state index in [1.165, 1.54) is 23.6 Å². The molecule has 0 radical (unpaired) electrons. The van der Waals surface area contributed by atoms with Crippen molar-refractivity contribution in [3.8, 4) is 0 Å². The predicted octanol–water partition coefficient (Wildman–Crippen LogP) is 1.93. The van der Waals surface area contributed by atoms with Gasteiger partial charge in [-0.2, -0.15) is 0 Å². The Balaban J connectivity index is 2.83. The van der Waals surface area contributed by atoms with Crippen LogP contribution in [0.4, 0.5) is 14.5 Å². The Morgan fingerprint density at radius 3 is 2.67 bits per heavy atom. The number of hydrogen-bond acceptors (Lipinski definition) is 2. The van der Waals surface area contributed by atoms with E-state index in [0.29, 0.717) is 12.2 Å². The van der Waals surface area contributed by atoms with Crippen molar-refractivity contribution in [1.29, 1.82) is 0 Å². The molecular weight excluding hydrogens is 202 g/mol. The van der Waals surface area contributed by atoms with Crippen LogP contribution in [0, 0.1) is 0 Å². The van der Waals surface area contributed by atoms with Crippen molar-refractivity contribution in [2.45, 2.75) is 32.9 Å². The average Bonchev–Trinajstić information content (AvgIpc) is 2.20. The first kappa shape index (κ1) is 11.7. The molecule has 0 aliphatic rings. The average molecular weight is 216 g/mol. The Hall–Kier alpha value is -1.39. The number of pyridine rings is 1. The Kier molecular flexibility index (Phi) is 3.82. The van der Waals surface area contributed by atoms with Gasteiger partial charge in [-0.05, 0) is 19.9 Å². The molecule has 84 valence electrons. The quantitative estimate of drug-likeness (QED) is 0.834. The number of aromatic nitrogens is 1. The van der Waals surface area contributed by atoms with Crippen molar-refractivity contribution in [2.75, 3.05) is 5.32 Å². The van der Waals surface area contributed by atoms with Crippen molar-refractivity contribution in [3.05, 3.63) is 28.7 Å². The zero-order valence-electron chi connectivity index (χ0n) is 8.71. The summed E-state index contributed by atoms with van der Waals surface area (Å²) in [5, 5.41) is 2.63. The van der Waals surface area contributed by atoms with Crippen LogP contribution in [0.1, 0.15) is 13.8 Å². The summed E-state index contributed by atoms with van der Waals surface area (Å²) in [4.78, 5) is 11.2. The molecule has 5 heteroatoms. The van der Waals surface area contributed by atoms with Crippen LogP contribution in [0.15, 0.2) is 23.1 Å². The fraction of sp³-hybridized carbons (Fsp3) is 0.500. The summed E-state index contributed by atoms with van der Waals surface area (Å²) in [6.45, 7) is 3.74. The maximum absolute atomic E-state index is 12.2. The molecule has 0 amide bonds. The first-order chi connectivity index (χ1) is 7.04. The van der Waals surface area contributed by atoms with E-state index in [2.05, 4.69) is 5.32 Å². The second kappa shape index (κ2) is 4.91. The highest BCUT2D eigenvalue weighted by atomic mass is 19.3. The van der Waals surface area contributed by atoms with Gasteiger partial charge in [0.05, 0.1) is 11.7 Å². The summed E-state index contributed by atoms with van der Waals surface area (Å²) < 4.78 is 25.9. The van der Waals surface area contributed by atoms with E-state index in [0.717, 1.165) is 0 Å². The lowest BCUT2D eigenvalue weighted by Crippen LogP contribution is -2.25. The third-order valence-corrected chi connectivity index (χ3v) is 2.10. The lowest BCUT2D eigenvalue weighted by Gasteiger charge is -2.14. The fourth-order valence-electron chi connectivity index (χ4n) is 1.19. The lowest BCUT2D eigenvalue weighted by molar-refractivity contribution is 0.130. The Morgan fingerprint density at radius 2 is 2.13 bits per heavy atom. The van der Waals surface area contributed by atoms with Gasteiger partial charge in [-0.3, -0.25) is 4.79 Å². The number of alkyl halides is 2. The molecule has 0 bridgehead atoms. The lowest BCUT2D eigenvalue weighted by atomic mass is 10.3. The number of rotatable bonds is 4. The highest BCUT2D eigenvalue weighted by molar-refractivity contribution is 5.41. The summed E-state index contributed by atoms with van der Waals surface area (Å²) in [6, 6.07) is 1.95. The molecule has 0 aromatic carbocycles. The maximum atomic E-state index is 12.2. The molecule has 0 fully saturated rings. The van der Waals surface area contributed by atoms with Gasteiger partial charge >= 0.3 is 0 Å². The summed E-state index contributed by atoms with van der Waals surface area (Å²) >= 11 is 0. The highest BCUT2D eigenvalue weighted by Crippen LogP contribution is 2.09. The van der Waals surface area contributed by atoms with Crippen molar-refractivity contribution < 1.29 is 8.78 Å². The number of nitrogens with one attached hydrogen (secondary N) is 1. The zero-order valence-corrected chi connectivity index (χ0v) is 8.71. The fourth-order valence-corrected chi connectivity index (χ4v) is 1.19. The Labute approximate surface area is 86.7 Å². The van der Waals surface area contributed by atoms with Crippen LogP contribution >= 0.6 is 0 Å². The largest absolute Gasteiger partial charge is 0.376 e. The number of nitrogens with zero attached hydrogens (tertiary/aromatic N) is 1. The zero-order chi connectivity index (χ0) is 11.4. The van der Waals surface area contributed by atoms with Crippen molar-refractivity contribution in [1.82, 2.24) is 4.57 Å². The third-order valence-electron chi connectivity index (χ3n) is 2.10. The molecule has 1 aromatic heterocycles. The summed E-state index contributed by atoms with van der Waals surface area (Å²) in [5.41, 5.74) is 0.400. The minimum atomic E-state index is -2.42. The van der Waals surface area contributed by atoms with Gasteiger partial charge in [0.25, 0.3) is 12.0 Å². The van der Waals surface area contributed by atoms with Crippen LogP contribution in [-0.2, 0) is 6.54 Å². The minimum Gasteiger partial charge on any atom is -0.376 e. The second-order valence-electron chi connectivity index (χ2n) is 3.31. The third kappa shape index (κ3) is 3.04. The van der Waals surface area contributed by atoms with E-state index >= 15 is 0 Å². The first-order valence-electron chi connectivity index (χ1n) is 4.79. The molecule has 0 spiro atoms. The van der Waals surface area contributed by atoms with E-state index in [-0.39, 0.29) is 5.56 Å². The molecule has 15 heavy (non-hydrogen) atoms. The SMILES string of the molecule is CCn1cc(NC(C)C(F)F)ccc1=O. The van der Waals surface area contributed by atoms with E-state index in [1.54, 1.807) is 6.20 Å². The molecule has 0 aliphatic heterocycles. The van der Waals surface area contributed by atoms with E-state index < -0.39 is 12.5 Å². The maximum Gasteiger partial charge on any atom is 0.258 e. The van der Waals surface area contributed by atoms with Crippen molar-refractivity contribution in [3.63, 3.8) is 0 Å². The van der Waals surface area contributed by atoms with Gasteiger partial charge in [0, 0.05) is 18.8 Å².